The molecule has 4 nitrogen and oxygen atoms in total. The molecule has 0 bridgehead atoms. The minimum Gasteiger partial charge on any atom is -0.507 e. The van der Waals surface area contributed by atoms with Gasteiger partial charge in [-0.05, 0) is 24.6 Å². The summed E-state index contributed by atoms with van der Waals surface area (Å²) in [4.78, 5) is 26.6. The molecule has 0 aromatic heterocycles. The van der Waals surface area contributed by atoms with Gasteiger partial charge < -0.3 is 10.0 Å². The summed E-state index contributed by atoms with van der Waals surface area (Å²) >= 11 is 12.3. The van der Waals surface area contributed by atoms with Gasteiger partial charge in [-0.2, -0.15) is 0 Å². The van der Waals surface area contributed by atoms with E-state index in [0.29, 0.717) is 21.2 Å². The number of aliphatic hydroxyl groups excluding tert-OH is 1. The van der Waals surface area contributed by atoms with Gasteiger partial charge in [0.05, 0.1) is 11.6 Å². The number of nitrogens with zero attached hydrogens (tertiary/aromatic N) is 1. The van der Waals surface area contributed by atoms with Crippen LogP contribution in [0.3, 0.4) is 0 Å². The lowest BCUT2D eigenvalue weighted by Gasteiger charge is -2.25. The first-order valence-corrected chi connectivity index (χ1v) is 9.02. The normalized spacial score (nSPS) is 18.8. The molecule has 2 aromatic rings. The smallest absolute Gasteiger partial charge is 0.295 e. The number of amides is 1. The molecule has 1 aliphatic rings. The van der Waals surface area contributed by atoms with E-state index in [-0.39, 0.29) is 17.9 Å². The number of carbonyl (C=O) groups excluding carboxylic acids is 2. The van der Waals surface area contributed by atoms with Crippen molar-refractivity contribution in [2.45, 2.75) is 13.0 Å². The fourth-order valence-electron chi connectivity index (χ4n) is 3.12. The van der Waals surface area contributed by atoms with Crippen LogP contribution in [0.2, 0.25) is 10.0 Å². The third-order valence-electron chi connectivity index (χ3n) is 4.45. The molecule has 1 N–H and O–H groups in total. The Hall–Kier alpha value is -2.56. The largest absolute Gasteiger partial charge is 0.507 e. The van der Waals surface area contributed by atoms with E-state index in [1.165, 1.54) is 11.0 Å². The zero-order valence-electron chi connectivity index (χ0n) is 14.6. The van der Waals surface area contributed by atoms with Crippen LogP contribution >= 0.6 is 23.2 Å². The molecule has 1 aliphatic heterocycles. The van der Waals surface area contributed by atoms with Gasteiger partial charge in [0.25, 0.3) is 11.7 Å². The van der Waals surface area contributed by atoms with Gasteiger partial charge in [-0.25, -0.2) is 0 Å². The molecule has 1 amide bonds. The van der Waals surface area contributed by atoms with Gasteiger partial charge in [0.1, 0.15) is 5.76 Å². The Kier molecular flexibility index (Phi) is 5.40. The van der Waals surface area contributed by atoms with Crippen molar-refractivity contribution in [2.24, 2.45) is 0 Å². The van der Waals surface area contributed by atoms with Crippen LogP contribution in [0, 0.1) is 6.92 Å². The van der Waals surface area contributed by atoms with Crippen molar-refractivity contribution in [3.8, 4) is 0 Å². The highest BCUT2D eigenvalue weighted by molar-refractivity contribution is 6.47. The fourth-order valence-corrected chi connectivity index (χ4v) is 3.63. The lowest BCUT2D eigenvalue weighted by Crippen LogP contribution is -2.29. The van der Waals surface area contributed by atoms with Crippen LogP contribution in [0.5, 0.6) is 0 Å². The summed E-state index contributed by atoms with van der Waals surface area (Å²) in [6.45, 7) is 5.70. The summed E-state index contributed by atoms with van der Waals surface area (Å²) in [6.07, 6.45) is 1.52. The number of hydrogen-bond acceptors (Lipinski definition) is 3. The summed E-state index contributed by atoms with van der Waals surface area (Å²) in [5.41, 5.74) is 1.97. The Morgan fingerprint density at radius 2 is 1.85 bits per heavy atom. The van der Waals surface area contributed by atoms with Crippen LogP contribution in [0.15, 0.2) is 60.7 Å². The number of rotatable bonds is 4. The van der Waals surface area contributed by atoms with E-state index in [2.05, 4.69) is 6.58 Å². The van der Waals surface area contributed by atoms with E-state index in [0.717, 1.165) is 5.56 Å². The molecule has 0 unspecified atom stereocenters. The number of halogens is 2. The predicted molar refractivity (Wildman–Crippen MR) is 107 cm³/mol. The van der Waals surface area contributed by atoms with Gasteiger partial charge in [-0.1, -0.05) is 65.2 Å². The first-order valence-electron chi connectivity index (χ1n) is 8.26. The zero-order valence-corrected chi connectivity index (χ0v) is 16.1. The molecular formula is C21H17Cl2NO3. The maximum absolute atomic E-state index is 12.7. The van der Waals surface area contributed by atoms with Crippen LogP contribution < -0.4 is 0 Å². The number of benzene rings is 2. The Balaban J connectivity index is 2.23. The average molecular weight is 402 g/mol. The number of carbonyl (C=O) groups is 2. The molecule has 6 heteroatoms. The summed E-state index contributed by atoms with van der Waals surface area (Å²) in [5, 5.41) is 11.6. The van der Waals surface area contributed by atoms with Crippen LogP contribution in [-0.4, -0.2) is 28.2 Å². The molecule has 0 spiro atoms. The third-order valence-corrected chi connectivity index (χ3v) is 5.01. The Bertz CT molecular complexity index is 964. The van der Waals surface area contributed by atoms with Gasteiger partial charge in [-0.3, -0.25) is 9.59 Å². The molecule has 1 atom stereocenters. The van der Waals surface area contributed by atoms with Crippen LogP contribution in [0.1, 0.15) is 22.7 Å². The Labute approximate surface area is 167 Å². The number of likely N-dealkylation sites (tertiary alicyclic amines) is 1. The molecule has 1 heterocycles. The number of aryl methyl sites for hydroxylation is 1. The quantitative estimate of drug-likeness (QED) is 0.342. The molecule has 3 rings (SSSR count). The Morgan fingerprint density at radius 1 is 1.19 bits per heavy atom. The fraction of sp³-hybridized carbons (Fsp3) is 0.143. The zero-order chi connectivity index (χ0) is 19.7. The van der Waals surface area contributed by atoms with Crippen molar-refractivity contribution in [1.29, 1.82) is 0 Å². The molecule has 138 valence electrons. The molecule has 0 saturated carbocycles. The molecule has 2 aromatic carbocycles. The predicted octanol–water partition coefficient (Wildman–Crippen LogP) is 4.91. The minimum atomic E-state index is -0.825. The maximum Gasteiger partial charge on any atom is 0.295 e. The van der Waals surface area contributed by atoms with Gasteiger partial charge in [-0.15, -0.1) is 6.58 Å². The van der Waals surface area contributed by atoms with Gasteiger partial charge >= 0.3 is 0 Å². The molecule has 0 radical (unpaired) electrons. The van der Waals surface area contributed by atoms with Gasteiger partial charge in [0.2, 0.25) is 0 Å². The number of hydrogen-bond donors (Lipinski definition) is 1. The highest BCUT2D eigenvalue weighted by Gasteiger charge is 2.46. The molecule has 1 saturated heterocycles. The molecule has 27 heavy (non-hydrogen) atoms. The van der Waals surface area contributed by atoms with Crippen LogP contribution in [0.4, 0.5) is 0 Å². The monoisotopic (exact) mass is 401 g/mol. The topological polar surface area (TPSA) is 57.6 Å². The van der Waals surface area contributed by atoms with Crippen LogP contribution in [0.25, 0.3) is 5.76 Å². The third kappa shape index (κ3) is 3.51. The second kappa shape index (κ2) is 7.59. The van der Waals surface area contributed by atoms with E-state index in [4.69, 9.17) is 23.2 Å². The van der Waals surface area contributed by atoms with Crippen molar-refractivity contribution < 1.29 is 14.7 Å². The Morgan fingerprint density at radius 3 is 2.44 bits per heavy atom. The highest BCUT2D eigenvalue weighted by atomic mass is 35.5. The first kappa shape index (κ1) is 19.2. The molecule has 0 aliphatic carbocycles. The minimum absolute atomic E-state index is 0.00470. The average Bonchev–Trinajstić information content (AvgIpc) is 2.87. The number of aliphatic hydroxyl groups is 1. The lowest BCUT2D eigenvalue weighted by atomic mass is 9.95. The number of ketones is 1. The summed E-state index contributed by atoms with van der Waals surface area (Å²) in [5.74, 6) is -1.71. The second-order valence-electron chi connectivity index (χ2n) is 6.27. The van der Waals surface area contributed by atoms with E-state index in [1.807, 2.05) is 19.1 Å². The maximum atomic E-state index is 12.7. The van der Waals surface area contributed by atoms with Crippen molar-refractivity contribution in [3.63, 3.8) is 0 Å². The van der Waals surface area contributed by atoms with Gasteiger partial charge in [0.15, 0.2) is 0 Å². The van der Waals surface area contributed by atoms with E-state index >= 15 is 0 Å². The first-order chi connectivity index (χ1) is 12.8. The SMILES string of the molecule is C=CCN1C(=O)C(=O)C(=C(O)c2ccc(C)cc2)[C@@H]1c1ccc(Cl)cc1Cl. The van der Waals surface area contributed by atoms with Crippen molar-refractivity contribution in [2.75, 3.05) is 6.54 Å². The molecule has 1 fully saturated rings. The van der Waals surface area contributed by atoms with Crippen LogP contribution in [-0.2, 0) is 9.59 Å². The summed E-state index contributed by atoms with van der Waals surface area (Å²) in [7, 11) is 0. The molecular weight excluding hydrogens is 385 g/mol. The second-order valence-corrected chi connectivity index (χ2v) is 7.12. The van der Waals surface area contributed by atoms with E-state index in [1.54, 1.807) is 30.3 Å². The summed E-state index contributed by atoms with van der Waals surface area (Å²) < 4.78 is 0. The number of Topliss-reactive ketones (excluding diaryl/α,β-unsaturated/α-hetero) is 1. The van der Waals surface area contributed by atoms with Crippen molar-refractivity contribution in [1.82, 2.24) is 4.90 Å². The van der Waals surface area contributed by atoms with E-state index < -0.39 is 17.7 Å². The van der Waals surface area contributed by atoms with Crippen molar-refractivity contribution in [3.05, 3.63) is 87.4 Å². The summed E-state index contributed by atoms with van der Waals surface area (Å²) in [6, 6.07) is 11.0. The van der Waals surface area contributed by atoms with E-state index in [9.17, 15) is 14.7 Å². The lowest BCUT2D eigenvalue weighted by molar-refractivity contribution is -0.139. The highest BCUT2D eigenvalue weighted by Crippen LogP contribution is 2.42. The standard InChI is InChI=1S/C21H17Cl2NO3/c1-3-10-24-18(15-9-8-14(22)11-16(15)23)17(20(26)21(24)27)19(25)13-6-4-12(2)5-7-13/h3-9,11,18,25H,1,10H2,2H3/t18-/m0/s1. The van der Waals surface area contributed by atoms with Gasteiger partial charge in [0, 0.05) is 22.2 Å². The van der Waals surface area contributed by atoms with Crippen molar-refractivity contribution >= 4 is 40.7 Å².